The Morgan fingerprint density at radius 3 is 2.85 bits per heavy atom. The minimum absolute atomic E-state index is 0.105. The van der Waals surface area contributed by atoms with Gasteiger partial charge in [-0.2, -0.15) is 5.10 Å². The molecule has 0 fully saturated rings. The van der Waals surface area contributed by atoms with E-state index < -0.39 is 0 Å². The SMILES string of the molecule is CCN(Cc1ccc(C)o1)C(=O)c1cc(Cn2ccc3ccccc32)[nH]n1. The van der Waals surface area contributed by atoms with Crippen LogP contribution >= 0.6 is 0 Å². The van der Waals surface area contributed by atoms with E-state index in [1.165, 1.54) is 5.39 Å². The minimum Gasteiger partial charge on any atom is -0.464 e. The fraction of sp³-hybridized carbons (Fsp3) is 0.238. The number of amides is 1. The number of benzene rings is 1. The molecule has 0 radical (unpaired) electrons. The Morgan fingerprint density at radius 1 is 1.22 bits per heavy atom. The van der Waals surface area contributed by atoms with Crippen molar-refractivity contribution >= 4 is 16.8 Å². The molecule has 0 saturated heterocycles. The number of carbonyl (C=O) groups excluding carboxylic acids is 1. The molecule has 0 unspecified atom stereocenters. The number of hydrogen-bond acceptors (Lipinski definition) is 3. The Bertz CT molecular complexity index is 1070. The van der Waals surface area contributed by atoms with Crippen molar-refractivity contribution in [2.45, 2.75) is 26.9 Å². The molecule has 0 bridgehead atoms. The van der Waals surface area contributed by atoms with Crippen molar-refractivity contribution < 1.29 is 9.21 Å². The molecule has 1 N–H and O–H groups in total. The van der Waals surface area contributed by atoms with Crippen LogP contribution in [0.4, 0.5) is 0 Å². The van der Waals surface area contributed by atoms with Crippen molar-refractivity contribution in [2.75, 3.05) is 6.54 Å². The van der Waals surface area contributed by atoms with Crippen LogP contribution < -0.4 is 0 Å². The summed E-state index contributed by atoms with van der Waals surface area (Å²) < 4.78 is 7.73. The summed E-state index contributed by atoms with van der Waals surface area (Å²) in [7, 11) is 0. The fourth-order valence-corrected chi connectivity index (χ4v) is 3.26. The summed E-state index contributed by atoms with van der Waals surface area (Å²) in [4.78, 5) is 14.5. The number of fused-ring (bicyclic) bond motifs is 1. The first-order valence-electron chi connectivity index (χ1n) is 9.07. The molecule has 0 atom stereocenters. The molecule has 0 aliphatic rings. The van der Waals surface area contributed by atoms with E-state index in [9.17, 15) is 4.79 Å². The summed E-state index contributed by atoms with van der Waals surface area (Å²) in [6, 6.07) is 15.9. The number of furan rings is 1. The zero-order valence-electron chi connectivity index (χ0n) is 15.5. The third-order valence-electron chi connectivity index (χ3n) is 4.68. The van der Waals surface area contributed by atoms with Gasteiger partial charge in [0.05, 0.1) is 18.8 Å². The number of H-pyrrole nitrogens is 1. The standard InChI is InChI=1S/C21H22N4O2/c1-3-24(14-18-9-8-15(2)27-18)21(26)19-12-17(22-23-19)13-25-11-10-16-6-4-5-7-20(16)25/h4-12H,3,13-14H2,1-2H3,(H,22,23). The molecule has 4 rings (SSSR count). The van der Waals surface area contributed by atoms with Crippen molar-refractivity contribution in [2.24, 2.45) is 0 Å². The summed E-state index contributed by atoms with van der Waals surface area (Å²) in [5, 5.41) is 8.42. The van der Waals surface area contributed by atoms with Gasteiger partial charge in [-0.25, -0.2) is 0 Å². The van der Waals surface area contributed by atoms with Crippen molar-refractivity contribution in [1.29, 1.82) is 0 Å². The van der Waals surface area contributed by atoms with E-state index in [0.29, 0.717) is 25.3 Å². The number of hydrogen-bond donors (Lipinski definition) is 1. The number of aromatic amines is 1. The molecular formula is C21H22N4O2. The lowest BCUT2D eigenvalue weighted by atomic mass is 10.2. The van der Waals surface area contributed by atoms with Gasteiger partial charge in [0.25, 0.3) is 5.91 Å². The van der Waals surface area contributed by atoms with Gasteiger partial charge in [-0.05, 0) is 49.6 Å². The molecular weight excluding hydrogens is 340 g/mol. The monoisotopic (exact) mass is 362 g/mol. The summed E-state index contributed by atoms with van der Waals surface area (Å²) in [5.74, 6) is 1.51. The normalized spacial score (nSPS) is 11.2. The van der Waals surface area contributed by atoms with Gasteiger partial charge in [0, 0.05) is 18.3 Å². The second-order valence-electron chi connectivity index (χ2n) is 6.61. The summed E-state index contributed by atoms with van der Waals surface area (Å²) in [6.45, 7) is 5.51. The van der Waals surface area contributed by atoms with Gasteiger partial charge in [0.1, 0.15) is 17.2 Å². The zero-order chi connectivity index (χ0) is 18.8. The maximum absolute atomic E-state index is 12.8. The molecule has 1 amide bonds. The third kappa shape index (κ3) is 3.51. The summed E-state index contributed by atoms with van der Waals surface area (Å²) in [5.41, 5.74) is 2.47. The number of para-hydroxylation sites is 1. The van der Waals surface area contributed by atoms with Crippen LogP contribution in [0.5, 0.6) is 0 Å². The van der Waals surface area contributed by atoms with E-state index in [0.717, 1.165) is 22.7 Å². The number of aryl methyl sites for hydroxylation is 1. The highest BCUT2D eigenvalue weighted by Gasteiger charge is 2.19. The Kier molecular flexibility index (Phi) is 4.54. The van der Waals surface area contributed by atoms with Gasteiger partial charge in [-0.3, -0.25) is 9.89 Å². The van der Waals surface area contributed by atoms with Crippen LogP contribution in [0.25, 0.3) is 10.9 Å². The van der Waals surface area contributed by atoms with Gasteiger partial charge >= 0.3 is 0 Å². The van der Waals surface area contributed by atoms with E-state index in [1.807, 2.05) is 50.4 Å². The molecule has 0 spiro atoms. The van der Waals surface area contributed by atoms with Gasteiger partial charge in [0.2, 0.25) is 0 Å². The molecule has 0 aliphatic heterocycles. The van der Waals surface area contributed by atoms with Gasteiger partial charge in [-0.1, -0.05) is 18.2 Å². The van der Waals surface area contributed by atoms with Crippen LogP contribution in [0.2, 0.25) is 0 Å². The zero-order valence-corrected chi connectivity index (χ0v) is 15.5. The third-order valence-corrected chi connectivity index (χ3v) is 4.68. The van der Waals surface area contributed by atoms with E-state index in [2.05, 4.69) is 33.0 Å². The first kappa shape index (κ1) is 17.1. The molecule has 6 nitrogen and oxygen atoms in total. The van der Waals surface area contributed by atoms with E-state index >= 15 is 0 Å². The van der Waals surface area contributed by atoms with Crippen LogP contribution in [-0.2, 0) is 13.1 Å². The second-order valence-corrected chi connectivity index (χ2v) is 6.61. The van der Waals surface area contributed by atoms with Crippen molar-refractivity contribution in [3.63, 3.8) is 0 Å². The van der Waals surface area contributed by atoms with Crippen LogP contribution in [0.15, 0.2) is 59.1 Å². The Morgan fingerprint density at radius 2 is 2.07 bits per heavy atom. The Balaban J connectivity index is 1.50. The number of aromatic nitrogens is 3. The van der Waals surface area contributed by atoms with E-state index in [-0.39, 0.29) is 5.91 Å². The number of carbonyl (C=O) groups is 1. The van der Waals surface area contributed by atoms with Crippen LogP contribution in [-0.4, -0.2) is 32.1 Å². The van der Waals surface area contributed by atoms with E-state index in [1.54, 1.807) is 4.90 Å². The van der Waals surface area contributed by atoms with Crippen LogP contribution in [0.3, 0.4) is 0 Å². The molecule has 0 saturated carbocycles. The predicted octanol–water partition coefficient (Wildman–Crippen LogP) is 3.98. The van der Waals surface area contributed by atoms with Crippen molar-refractivity contribution in [3.8, 4) is 0 Å². The summed E-state index contributed by atoms with van der Waals surface area (Å²) >= 11 is 0. The molecule has 27 heavy (non-hydrogen) atoms. The van der Waals surface area contributed by atoms with Gasteiger partial charge < -0.3 is 13.9 Å². The molecule has 3 aromatic heterocycles. The highest BCUT2D eigenvalue weighted by atomic mass is 16.3. The second kappa shape index (κ2) is 7.15. The quantitative estimate of drug-likeness (QED) is 0.564. The predicted molar refractivity (Wildman–Crippen MR) is 103 cm³/mol. The van der Waals surface area contributed by atoms with Crippen LogP contribution in [0.1, 0.15) is 34.6 Å². The number of nitrogens with one attached hydrogen (secondary N) is 1. The molecule has 3 heterocycles. The maximum Gasteiger partial charge on any atom is 0.274 e. The van der Waals surface area contributed by atoms with E-state index in [4.69, 9.17) is 4.42 Å². The number of rotatable bonds is 6. The Labute approximate surface area is 157 Å². The average molecular weight is 362 g/mol. The van der Waals surface area contributed by atoms with Crippen molar-refractivity contribution in [3.05, 3.63) is 77.6 Å². The van der Waals surface area contributed by atoms with Crippen molar-refractivity contribution in [1.82, 2.24) is 19.7 Å². The lowest BCUT2D eigenvalue weighted by molar-refractivity contribution is 0.0735. The lowest BCUT2D eigenvalue weighted by Crippen LogP contribution is -2.30. The highest BCUT2D eigenvalue weighted by Crippen LogP contribution is 2.17. The highest BCUT2D eigenvalue weighted by molar-refractivity contribution is 5.92. The van der Waals surface area contributed by atoms with Crippen LogP contribution in [0, 0.1) is 6.92 Å². The maximum atomic E-state index is 12.8. The molecule has 138 valence electrons. The Hall–Kier alpha value is -3.28. The largest absolute Gasteiger partial charge is 0.464 e. The number of nitrogens with zero attached hydrogens (tertiary/aromatic N) is 3. The first-order chi connectivity index (χ1) is 13.1. The molecule has 1 aromatic carbocycles. The lowest BCUT2D eigenvalue weighted by Gasteiger charge is -2.18. The van der Waals surface area contributed by atoms with Gasteiger partial charge in [0.15, 0.2) is 0 Å². The smallest absolute Gasteiger partial charge is 0.274 e. The molecule has 0 aliphatic carbocycles. The average Bonchev–Trinajstić information content (AvgIpc) is 3.40. The summed E-state index contributed by atoms with van der Waals surface area (Å²) in [6.07, 6.45) is 2.05. The molecule has 6 heteroatoms. The minimum atomic E-state index is -0.105. The van der Waals surface area contributed by atoms with Gasteiger partial charge in [-0.15, -0.1) is 0 Å². The topological polar surface area (TPSA) is 67.1 Å². The molecule has 4 aromatic rings. The first-order valence-corrected chi connectivity index (χ1v) is 9.07. The fourth-order valence-electron chi connectivity index (χ4n) is 3.26.